The van der Waals surface area contributed by atoms with Gasteiger partial charge in [-0.05, 0) is 20.9 Å². The highest BCUT2D eigenvalue weighted by Crippen LogP contribution is 2.02. The third-order valence-electron chi connectivity index (χ3n) is 1.81. The third kappa shape index (κ3) is 4.85. The molecule has 1 unspecified atom stereocenters. The van der Waals surface area contributed by atoms with Gasteiger partial charge >= 0.3 is 0 Å². The monoisotopic (exact) mass is 188 g/mol. The SMILES string of the molecule is CNCC(C)C(=O)NC(C)(C)CO. The summed E-state index contributed by atoms with van der Waals surface area (Å²) in [6.45, 7) is 6.02. The highest BCUT2D eigenvalue weighted by Gasteiger charge is 2.21. The second kappa shape index (κ2) is 5.19. The first-order valence-corrected chi connectivity index (χ1v) is 4.50. The zero-order chi connectivity index (χ0) is 10.5. The molecule has 0 radical (unpaired) electrons. The number of nitrogens with one attached hydrogen (secondary N) is 2. The van der Waals surface area contributed by atoms with Crippen molar-refractivity contribution in [1.29, 1.82) is 0 Å². The molecular weight excluding hydrogens is 168 g/mol. The van der Waals surface area contributed by atoms with Gasteiger partial charge in [-0.25, -0.2) is 0 Å². The van der Waals surface area contributed by atoms with Crippen molar-refractivity contribution in [3.63, 3.8) is 0 Å². The number of hydrogen-bond acceptors (Lipinski definition) is 3. The Morgan fingerprint density at radius 1 is 1.54 bits per heavy atom. The average Bonchev–Trinajstić information content (AvgIpc) is 2.04. The van der Waals surface area contributed by atoms with Gasteiger partial charge in [0.05, 0.1) is 12.1 Å². The molecule has 4 heteroatoms. The lowest BCUT2D eigenvalue weighted by Gasteiger charge is -2.25. The highest BCUT2D eigenvalue weighted by molar-refractivity contribution is 5.79. The van der Waals surface area contributed by atoms with Gasteiger partial charge in [0, 0.05) is 12.5 Å². The van der Waals surface area contributed by atoms with E-state index in [-0.39, 0.29) is 18.4 Å². The van der Waals surface area contributed by atoms with E-state index in [2.05, 4.69) is 10.6 Å². The molecule has 0 aromatic heterocycles. The summed E-state index contributed by atoms with van der Waals surface area (Å²) in [6.07, 6.45) is 0. The quantitative estimate of drug-likeness (QED) is 0.556. The summed E-state index contributed by atoms with van der Waals surface area (Å²) in [5.41, 5.74) is -0.529. The van der Waals surface area contributed by atoms with Crippen LogP contribution in [0.4, 0.5) is 0 Å². The molecule has 78 valence electrons. The van der Waals surface area contributed by atoms with Crippen molar-refractivity contribution in [3.05, 3.63) is 0 Å². The summed E-state index contributed by atoms with van der Waals surface area (Å²) < 4.78 is 0. The Balaban J connectivity index is 3.99. The topological polar surface area (TPSA) is 61.4 Å². The summed E-state index contributed by atoms with van der Waals surface area (Å²) in [7, 11) is 1.81. The van der Waals surface area contributed by atoms with Crippen LogP contribution >= 0.6 is 0 Å². The number of aliphatic hydroxyl groups excluding tert-OH is 1. The second-order valence-corrected chi connectivity index (χ2v) is 3.99. The van der Waals surface area contributed by atoms with Crippen LogP contribution in [0, 0.1) is 5.92 Å². The lowest BCUT2D eigenvalue weighted by atomic mass is 10.0. The predicted octanol–water partition coefficient (Wildman–Crippen LogP) is -0.271. The first kappa shape index (κ1) is 12.4. The zero-order valence-electron chi connectivity index (χ0n) is 8.85. The van der Waals surface area contributed by atoms with Crippen molar-refractivity contribution in [2.24, 2.45) is 5.92 Å². The smallest absolute Gasteiger partial charge is 0.224 e. The molecule has 0 fully saturated rings. The Hall–Kier alpha value is -0.610. The molecule has 0 aromatic carbocycles. The number of amides is 1. The van der Waals surface area contributed by atoms with Gasteiger partial charge in [-0.15, -0.1) is 0 Å². The van der Waals surface area contributed by atoms with E-state index >= 15 is 0 Å². The van der Waals surface area contributed by atoms with E-state index in [1.807, 2.05) is 6.92 Å². The van der Waals surface area contributed by atoms with Crippen LogP contribution in [0.1, 0.15) is 20.8 Å². The Morgan fingerprint density at radius 3 is 2.46 bits per heavy atom. The van der Waals surface area contributed by atoms with E-state index < -0.39 is 5.54 Å². The number of carbonyl (C=O) groups excluding carboxylic acids is 1. The molecule has 13 heavy (non-hydrogen) atoms. The lowest BCUT2D eigenvalue weighted by molar-refractivity contribution is -0.126. The van der Waals surface area contributed by atoms with Crippen LogP contribution in [0.2, 0.25) is 0 Å². The molecule has 4 nitrogen and oxygen atoms in total. The fraction of sp³-hybridized carbons (Fsp3) is 0.889. The minimum absolute atomic E-state index is 0.0339. The van der Waals surface area contributed by atoms with Crippen LogP contribution in [0.15, 0.2) is 0 Å². The molecule has 0 aliphatic heterocycles. The van der Waals surface area contributed by atoms with Gasteiger partial charge in [0.25, 0.3) is 0 Å². The van der Waals surface area contributed by atoms with Gasteiger partial charge in [-0.3, -0.25) is 4.79 Å². The Bertz CT molecular complexity index is 169. The van der Waals surface area contributed by atoms with E-state index in [1.165, 1.54) is 0 Å². The number of aliphatic hydroxyl groups is 1. The van der Waals surface area contributed by atoms with Crippen molar-refractivity contribution in [2.45, 2.75) is 26.3 Å². The second-order valence-electron chi connectivity index (χ2n) is 3.99. The maximum atomic E-state index is 11.4. The van der Waals surface area contributed by atoms with Crippen molar-refractivity contribution in [3.8, 4) is 0 Å². The standard InChI is InChI=1S/C9H20N2O2/c1-7(5-10-4)8(13)11-9(2,3)6-12/h7,10,12H,5-6H2,1-4H3,(H,11,13). The van der Waals surface area contributed by atoms with Gasteiger partial charge < -0.3 is 15.7 Å². The van der Waals surface area contributed by atoms with Crippen LogP contribution in [-0.2, 0) is 4.79 Å². The molecule has 0 spiro atoms. The van der Waals surface area contributed by atoms with Gasteiger partial charge in [0.15, 0.2) is 0 Å². The molecule has 1 amide bonds. The maximum Gasteiger partial charge on any atom is 0.224 e. The summed E-state index contributed by atoms with van der Waals surface area (Å²) in [5, 5.41) is 14.6. The van der Waals surface area contributed by atoms with E-state index in [0.717, 1.165) is 0 Å². The van der Waals surface area contributed by atoms with Crippen molar-refractivity contribution >= 4 is 5.91 Å². The average molecular weight is 188 g/mol. The van der Waals surface area contributed by atoms with Crippen LogP contribution in [-0.4, -0.2) is 36.8 Å². The number of hydrogen-bond donors (Lipinski definition) is 3. The zero-order valence-corrected chi connectivity index (χ0v) is 8.85. The van der Waals surface area contributed by atoms with Gasteiger partial charge in [0.1, 0.15) is 0 Å². The van der Waals surface area contributed by atoms with Crippen molar-refractivity contribution < 1.29 is 9.90 Å². The normalized spacial score (nSPS) is 13.9. The third-order valence-corrected chi connectivity index (χ3v) is 1.81. The molecular formula is C9H20N2O2. The number of carbonyl (C=O) groups is 1. The summed E-state index contributed by atoms with van der Waals surface area (Å²) >= 11 is 0. The van der Waals surface area contributed by atoms with Crippen LogP contribution in [0.3, 0.4) is 0 Å². The van der Waals surface area contributed by atoms with Crippen LogP contribution in [0.25, 0.3) is 0 Å². The minimum Gasteiger partial charge on any atom is -0.394 e. The first-order valence-electron chi connectivity index (χ1n) is 4.50. The van der Waals surface area contributed by atoms with E-state index in [9.17, 15) is 4.79 Å². The molecule has 0 rings (SSSR count). The molecule has 0 aliphatic rings. The highest BCUT2D eigenvalue weighted by atomic mass is 16.3. The molecule has 0 heterocycles. The number of rotatable bonds is 5. The summed E-state index contributed by atoms with van der Waals surface area (Å²) in [4.78, 5) is 11.4. The first-order chi connectivity index (χ1) is 5.93. The molecule has 0 aliphatic carbocycles. The molecule has 0 aromatic rings. The molecule has 0 saturated carbocycles. The minimum atomic E-state index is -0.529. The lowest BCUT2D eigenvalue weighted by Crippen LogP contribution is -2.49. The Labute approximate surface area is 79.7 Å². The van der Waals surface area contributed by atoms with Crippen LogP contribution in [0.5, 0.6) is 0 Å². The molecule has 1 atom stereocenters. The largest absolute Gasteiger partial charge is 0.394 e. The molecule has 0 bridgehead atoms. The van der Waals surface area contributed by atoms with Gasteiger partial charge in [-0.2, -0.15) is 0 Å². The fourth-order valence-corrected chi connectivity index (χ4v) is 0.895. The van der Waals surface area contributed by atoms with Crippen molar-refractivity contribution in [1.82, 2.24) is 10.6 Å². The summed E-state index contributed by atoms with van der Waals surface area (Å²) in [6, 6.07) is 0. The Kier molecular flexibility index (Phi) is 4.95. The van der Waals surface area contributed by atoms with E-state index in [0.29, 0.717) is 6.54 Å². The fourth-order valence-electron chi connectivity index (χ4n) is 0.895. The molecule has 3 N–H and O–H groups in total. The van der Waals surface area contributed by atoms with E-state index in [4.69, 9.17) is 5.11 Å². The van der Waals surface area contributed by atoms with Gasteiger partial charge in [0.2, 0.25) is 5.91 Å². The Morgan fingerprint density at radius 2 is 2.08 bits per heavy atom. The van der Waals surface area contributed by atoms with Crippen LogP contribution < -0.4 is 10.6 Å². The van der Waals surface area contributed by atoms with Gasteiger partial charge in [-0.1, -0.05) is 6.92 Å². The molecule has 0 saturated heterocycles. The maximum absolute atomic E-state index is 11.4. The predicted molar refractivity (Wildman–Crippen MR) is 52.4 cm³/mol. The van der Waals surface area contributed by atoms with E-state index in [1.54, 1.807) is 20.9 Å². The summed E-state index contributed by atoms with van der Waals surface area (Å²) in [5.74, 6) is -0.107. The van der Waals surface area contributed by atoms with Crippen molar-refractivity contribution in [2.75, 3.05) is 20.2 Å².